The van der Waals surface area contributed by atoms with E-state index in [4.69, 9.17) is 30.1 Å². The van der Waals surface area contributed by atoms with Gasteiger partial charge in [0.2, 0.25) is 0 Å². The highest BCUT2D eigenvalue weighted by molar-refractivity contribution is 5.91. The number of hydrogen-bond acceptors (Lipinski definition) is 8. The molecule has 0 fully saturated rings. The maximum atomic E-state index is 5.92. The number of nitrogens with one attached hydrogen (secondary N) is 1. The Bertz CT molecular complexity index is 1080. The lowest BCUT2D eigenvalue weighted by Crippen LogP contribution is -2.17. The molecule has 2 aromatic carbocycles. The fourth-order valence-electron chi connectivity index (χ4n) is 3.27. The van der Waals surface area contributed by atoms with Gasteiger partial charge in [0.15, 0.2) is 11.5 Å². The zero-order valence-electron chi connectivity index (χ0n) is 19.2. The first-order chi connectivity index (χ1) is 16.2. The summed E-state index contributed by atoms with van der Waals surface area (Å²) in [5, 5.41) is 4.26. The fourth-order valence-corrected chi connectivity index (χ4v) is 3.27. The Morgan fingerprint density at radius 3 is 2.30 bits per heavy atom. The number of aromatic nitrogens is 2. The van der Waals surface area contributed by atoms with E-state index in [-0.39, 0.29) is 6.04 Å². The summed E-state index contributed by atoms with van der Waals surface area (Å²) in [6.45, 7) is 2.11. The van der Waals surface area contributed by atoms with Gasteiger partial charge >= 0.3 is 0 Å². The summed E-state index contributed by atoms with van der Waals surface area (Å²) in [5.74, 6) is 4.47. The average Bonchev–Trinajstić information content (AvgIpc) is 2.84. The van der Waals surface area contributed by atoms with E-state index in [2.05, 4.69) is 21.2 Å². The van der Waals surface area contributed by atoms with E-state index in [0.29, 0.717) is 55.9 Å². The molecular weight excluding hydrogens is 422 g/mol. The van der Waals surface area contributed by atoms with Crippen LogP contribution in [0.1, 0.15) is 17.2 Å². The third-order valence-electron chi connectivity index (χ3n) is 4.89. The summed E-state index contributed by atoms with van der Waals surface area (Å²) in [6.07, 6.45) is 7.09. The van der Waals surface area contributed by atoms with E-state index in [1.54, 1.807) is 21.3 Å². The molecule has 3 rings (SSSR count). The summed E-state index contributed by atoms with van der Waals surface area (Å²) < 4.78 is 27.4. The monoisotopic (exact) mass is 451 g/mol. The van der Waals surface area contributed by atoms with Gasteiger partial charge in [-0.3, -0.25) is 0 Å². The predicted octanol–water partition coefficient (Wildman–Crippen LogP) is 3.46. The summed E-state index contributed by atoms with van der Waals surface area (Å²) in [5.41, 5.74) is 2.51. The van der Waals surface area contributed by atoms with Crippen molar-refractivity contribution in [2.45, 2.75) is 6.04 Å². The Kier molecular flexibility index (Phi) is 9.27. The molecule has 1 N–H and O–H groups in total. The second kappa shape index (κ2) is 12.6. The van der Waals surface area contributed by atoms with Crippen molar-refractivity contribution in [2.24, 2.45) is 0 Å². The molecule has 0 radical (unpaired) electrons. The second-order valence-electron chi connectivity index (χ2n) is 7.14. The van der Waals surface area contributed by atoms with Crippen molar-refractivity contribution in [2.75, 3.05) is 59.7 Å². The zero-order valence-corrected chi connectivity index (χ0v) is 19.2. The van der Waals surface area contributed by atoms with Gasteiger partial charge in [-0.15, -0.1) is 6.42 Å². The van der Waals surface area contributed by atoms with Crippen molar-refractivity contribution in [3.8, 4) is 23.8 Å². The molecule has 1 heterocycles. The molecule has 1 atom stereocenters. The van der Waals surface area contributed by atoms with E-state index >= 15 is 0 Å². The van der Waals surface area contributed by atoms with Gasteiger partial charge in [0.1, 0.15) is 25.4 Å². The highest BCUT2D eigenvalue weighted by atomic mass is 16.5. The minimum absolute atomic E-state index is 0.170. The second-order valence-corrected chi connectivity index (χ2v) is 7.14. The Morgan fingerprint density at radius 1 is 0.909 bits per heavy atom. The van der Waals surface area contributed by atoms with Gasteiger partial charge in [-0.25, -0.2) is 9.97 Å². The lowest BCUT2D eigenvalue weighted by atomic mass is 10.0. The fraction of sp³-hybridized carbons (Fsp3) is 0.360. The number of terminal acetylenes is 1. The standard InChI is InChI=1S/C25H29N3O5/c1-5-18-7-6-8-19(13-18)22(16-31-4)28-25-20-14-23(32-11-9-29-2)24(33-12-10-30-3)15-21(20)26-17-27-25/h1,6-8,13-15,17,22H,9-12,16H2,2-4H3,(H,26,27,28). The maximum Gasteiger partial charge on any atom is 0.163 e. The SMILES string of the molecule is C#Cc1cccc(C(COC)Nc2ncnc3cc(OCCOC)c(OCCOC)cc23)c1. The number of ether oxygens (including phenoxy) is 5. The van der Waals surface area contributed by atoms with E-state index in [1.165, 1.54) is 6.33 Å². The van der Waals surface area contributed by atoms with Crippen molar-refractivity contribution in [3.05, 3.63) is 53.9 Å². The largest absolute Gasteiger partial charge is 0.487 e. The quantitative estimate of drug-likeness (QED) is 0.312. The number of benzene rings is 2. The van der Waals surface area contributed by atoms with Crippen LogP contribution in [0.2, 0.25) is 0 Å². The van der Waals surface area contributed by atoms with Gasteiger partial charge in [-0.1, -0.05) is 18.1 Å². The van der Waals surface area contributed by atoms with Crippen LogP contribution in [0.3, 0.4) is 0 Å². The first-order valence-corrected chi connectivity index (χ1v) is 10.5. The Hall–Kier alpha value is -3.38. The lowest BCUT2D eigenvalue weighted by Gasteiger charge is -2.21. The number of fused-ring (bicyclic) bond motifs is 1. The number of rotatable bonds is 13. The van der Waals surface area contributed by atoms with Gasteiger partial charge in [-0.05, 0) is 23.8 Å². The number of methoxy groups -OCH3 is 3. The Labute approximate surface area is 194 Å². The molecule has 8 nitrogen and oxygen atoms in total. The molecule has 0 amide bonds. The van der Waals surface area contributed by atoms with Gasteiger partial charge in [0.25, 0.3) is 0 Å². The topological polar surface area (TPSA) is 84.0 Å². The molecule has 0 aliphatic carbocycles. The lowest BCUT2D eigenvalue weighted by molar-refractivity contribution is 0.132. The first-order valence-electron chi connectivity index (χ1n) is 10.5. The molecule has 0 aliphatic heterocycles. The molecule has 0 saturated heterocycles. The van der Waals surface area contributed by atoms with Crippen LogP contribution in [0, 0.1) is 12.3 Å². The van der Waals surface area contributed by atoms with Crippen molar-refractivity contribution < 1.29 is 23.7 Å². The van der Waals surface area contributed by atoms with Crippen molar-refractivity contribution in [3.63, 3.8) is 0 Å². The van der Waals surface area contributed by atoms with Gasteiger partial charge in [-0.2, -0.15) is 0 Å². The summed E-state index contributed by atoms with van der Waals surface area (Å²) in [4.78, 5) is 8.90. The molecule has 0 spiro atoms. The normalized spacial score (nSPS) is 11.7. The molecule has 0 bridgehead atoms. The van der Waals surface area contributed by atoms with Crippen LogP contribution in [-0.4, -0.2) is 64.3 Å². The van der Waals surface area contributed by atoms with Gasteiger partial charge in [0, 0.05) is 38.3 Å². The Morgan fingerprint density at radius 2 is 1.64 bits per heavy atom. The van der Waals surface area contributed by atoms with Crippen molar-refractivity contribution >= 4 is 16.7 Å². The van der Waals surface area contributed by atoms with Gasteiger partial charge < -0.3 is 29.0 Å². The van der Waals surface area contributed by atoms with Crippen LogP contribution < -0.4 is 14.8 Å². The third kappa shape index (κ3) is 6.56. The molecule has 0 saturated carbocycles. The summed E-state index contributed by atoms with van der Waals surface area (Å²) in [6, 6.07) is 11.3. The minimum Gasteiger partial charge on any atom is -0.487 e. The highest BCUT2D eigenvalue weighted by Gasteiger charge is 2.17. The molecule has 3 aromatic rings. The van der Waals surface area contributed by atoms with Crippen molar-refractivity contribution in [1.82, 2.24) is 9.97 Å². The molecule has 1 unspecified atom stereocenters. The van der Waals surface area contributed by atoms with Crippen LogP contribution in [-0.2, 0) is 14.2 Å². The number of anilines is 1. The zero-order chi connectivity index (χ0) is 23.5. The van der Waals surface area contributed by atoms with Crippen LogP contribution in [0.5, 0.6) is 11.5 Å². The number of nitrogens with zero attached hydrogens (tertiary/aromatic N) is 2. The van der Waals surface area contributed by atoms with E-state index < -0.39 is 0 Å². The predicted molar refractivity (Wildman–Crippen MR) is 127 cm³/mol. The molecular formula is C25H29N3O5. The van der Waals surface area contributed by atoms with Crippen LogP contribution in [0.4, 0.5) is 5.82 Å². The Balaban J connectivity index is 1.97. The van der Waals surface area contributed by atoms with Crippen molar-refractivity contribution in [1.29, 1.82) is 0 Å². The third-order valence-corrected chi connectivity index (χ3v) is 4.89. The van der Waals surface area contributed by atoms with Crippen LogP contribution in [0.25, 0.3) is 10.9 Å². The minimum atomic E-state index is -0.170. The van der Waals surface area contributed by atoms with Crippen LogP contribution >= 0.6 is 0 Å². The molecule has 8 heteroatoms. The van der Waals surface area contributed by atoms with Crippen LogP contribution in [0.15, 0.2) is 42.7 Å². The molecule has 1 aromatic heterocycles. The smallest absolute Gasteiger partial charge is 0.163 e. The summed E-state index contributed by atoms with van der Waals surface area (Å²) in [7, 11) is 4.91. The molecule has 174 valence electrons. The highest BCUT2D eigenvalue weighted by Crippen LogP contribution is 2.35. The van der Waals surface area contributed by atoms with Gasteiger partial charge in [0.05, 0.1) is 31.4 Å². The molecule has 33 heavy (non-hydrogen) atoms. The van der Waals surface area contributed by atoms with E-state index in [1.807, 2.05) is 36.4 Å². The molecule has 0 aliphatic rings. The summed E-state index contributed by atoms with van der Waals surface area (Å²) >= 11 is 0. The number of hydrogen-bond donors (Lipinski definition) is 1. The average molecular weight is 452 g/mol. The van der Waals surface area contributed by atoms with E-state index in [0.717, 1.165) is 16.5 Å². The van der Waals surface area contributed by atoms with E-state index in [9.17, 15) is 0 Å². The maximum absolute atomic E-state index is 5.92. The first kappa shape index (κ1) is 24.3.